The molecule has 0 spiro atoms. The normalized spacial score (nSPS) is 21.6. The summed E-state index contributed by atoms with van der Waals surface area (Å²) in [5.41, 5.74) is 0.539. The van der Waals surface area contributed by atoms with Crippen molar-refractivity contribution in [2.75, 3.05) is 52.5 Å². The van der Waals surface area contributed by atoms with Crippen molar-refractivity contribution in [3.8, 4) is 0 Å². The number of hydrogen-bond acceptors (Lipinski definition) is 4. The van der Waals surface area contributed by atoms with E-state index >= 15 is 0 Å². The molecule has 0 aliphatic carbocycles. The molecule has 2 saturated heterocycles. The molecule has 0 bridgehead atoms. The molecule has 2 aliphatic rings. The van der Waals surface area contributed by atoms with Gasteiger partial charge in [0.25, 0.3) is 5.91 Å². The van der Waals surface area contributed by atoms with E-state index < -0.39 is 0 Å². The van der Waals surface area contributed by atoms with Crippen LogP contribution in [-0.2, 0) is 4.74 Å². The monoisotopic (exact) mass is 338 g/mol. The second kappa shape index (κ2) is 7.18. The van der Waals surface area contributed by atoms with Crippen LogP contribution < -0.4 is 0 Å². The quantitative estimate of drug-likeness (QED) is 0.904. The summed E-state index contributed by atoms with van der Waals surface area (Å²) >= 11 is 5.98. The zero-order chi connectivity index (χ0) is 16.3. The Bertz CT molecular complexity index is 557. The van der Waals surface area contributed by atoms with E-state index in [0.717, 1.165) is 32.6 Å². The number of carbonyl (C=O) groups excluding carboxylic acids is 1. The number of aliphatic hydroxyl groups excluding tert-OH is 1. The van der Waals surface area contributed by atoms with Crippen molar-refractivity contribution in [1.29, 1.82) is 0 Å². The van der Waals surface area contributed by atoms with E-state index in [1.54, 1.807) is 18.2 Å². The minimum Gasteiger partial charge on any atom is -0.396 e. The molecule has 2 aliphatic heterocycles. The van der Waals surface area contributed by atoms with Gasteiger partial charge in [0.15, 0.2) is 0 Å². The smallest absolute Gasteiger partial charge is 0.253 e. The molecule has 3 rings (SSSR count). The van der Waals surface area contributed by atoms with Crippen LogP contribution in [0, 0.1) is 5.41 Å². The van der Waals surface area contributed by atoms with Crippen LogP contribution in [0.1, 0.15) is 16.8 Å². The summed E-state index contributed by atoms with van der Waals surface area (Å²) in [6, 6.07) is 7.11. The third-order valence-corrected chi connectivity index (χ3v) is 4.89. The Labute approximate surface area is 141 Å². The topological polar surface area (TPSA) is 53.0 Å². The number of benzene rings is 1. The van der Waals surface area contributed by atoms with Gasteiger partial charge in [-0.2, -0.15) is 0 Å². The molecule has 0 saturated carbocycles. The molecule has 2 fully saturated rings. The van der Waals surface area contributed by atoms with Crippen LogP contribution in [0.2, 0.25) is 5.02 Å². The zero-order valence-corrected chi connectivity index (χ0v) is 14.0. The molecule has 0 atom stereocenters. The Hall–Kier alpha value is -1.14. The van der Waals surface area contributed by atoms with Gasteiger partial charge in [-0.1, -0.05) is 17.7 Å². The van der Waals surface area contributed by atoms with Gasteiger partial charge in [0.1, 0.15) is 0 Å². The highest BCUT2D eigenvalue weighted by Gasteiger charge is 2.39. The molecule has 1 N–H and O–H groups in total. The molecule has 1 amide bonds. The maximum absolute atomic E-state index is 12.6. The number of nitrogens with zero attached hydrogens (tertiary/aromatic N) is 2. The van der Waals surface area contributed by atoms with E-state index in [2.05, 4.69) is 4.90 Å². The molecule has 1 aromatic carbocycles. The first kappa shape index (κ1) is 16.7. The number of rotatable bonds is 4. The first-order valence-corrected chi connectivity index (χ1v) is 8.45. The number of ether oxygens (including phenoxy) is 1. The van der Waals surface area contributed by atoms with Gasteiger partial charge in [-0.05, 0) is 31.2 Å². The predicted octanol–water partition coefficient (Wildman–Crippen LogP) is 1.50. The summed E-state index contributed by atoms with van der Waals surface area (Å²) in [5, 5.41) is 10.2. The second-order valence-electron chi connectivity index (χ2n) is 6.58. The Kier molecular flexibility index (Phi) is 5.21. The van der Waals surface area contributed by atoms with Crippen molar-refractivity contribution >= 4 is 17.5 Å². The van der Waals surface area contributed by atoms with Crippen molar-refractivity contribution in [3.05, 3.63) is 34.9 Å². The van der Waals surface area contributed by atoms with Gasteiger partial charge >= 0.3 is 0 Å². The largest absolute Gasteiger partial charge is 0.396 e. The van der Waals surface area contributed by atoms with E-state index in [9.17, 15) is 9.90 Å². The molecule has 1 aromatic rings. The van der Waals surface area contributed by atoms with Crippen molar-refractivity contribution in [2.24, 2.45) is 5.41 Å². The van der Waals surface area contributed by atoms with E-state index in [-0.39, 0.29) is 17.9 Å². The molecule has 0 unspecified atom stereocenters. The van der Waals surface area contributed by atoms with E-state index in [4.69, 9.17) is 16.3 Å². The lowest BCUT2D eigenvalue weighted by atomic mass is 9.86. The average molecular weight is 339 g/mol. The standard InChI is InChI=1S/C17H23ClN2O3/c18-15-4-1-3-14(9-15)16(22)20-6-2-5-19(7-8-20)10-17(11-21)12-23-13-17/h1,3-4,9,21H,2,5-8,10-13H2. The highest BCUT2D eigenvalue weighted by atomic mass is 35.5. The molecule has 2 heterocycles. The van der Waals surface area contributed by atoms with Crippen LogP contribution in [0.25, 0.3) is 0 Å². The highest BCUT2D eigenvalue weighted by Crippen LogP contribution is 2.28. The van der Waals surface area contributed by atoms with Crippen molar-refractivity contribution < 1.29 is 14.6 Å². The summed E-state index contributed by atoms with van der Waals surface area (Å²) in [6.07, 6.45) is 0.939. The molecule has 126 valence electrons. The molecular formula is C17H23ClN2O3. The van der Waals surface area contributed by atoms with Crippen LogP contribution in [0.4, 0.5) is 0 Å². The number of aliphatic hydroxyl groups is 1. The Morgan fingerprint density at radius 2 is 2.09 bits per heavy atom. The van der Waals surface area contributed by atoms with Gasteiger partial charge < -0.3 is 19.6 Å². The number of amides is 1. The first-order chi connectivity index (χ1) is 11.1. The predicted molar refractivity (Wildman–Crippen MR) is 88.8 cm³/mol. The fourth-order valence-corrected chi connectivity index (χ4v) is 3.42. The van der Waals surface area contributed by atoms with E-state index in [1.165, 1.54) is 0 Å². The van der Waals surface area contributed by atoms with Crippen LogP contribution in [0.5, 0.6) is 0 Å². The lowest BCUT2D eigenvalue weighted by Crippen LogP contribution is -2.53. The van der Waals surface area contributed by atoms with Gasteiger partial charge in [-0.25, -0.2) is 0 Å². The molecule has 6 heteroatoms. The maximum Gasteiger partial charge on any atom is 0.253 e. The minimum absolute atomic E-state index is 0.0400. The third-order valence-electron chi connectivity index (χ3n) is 4.66. The molecule has 0 radical (unpaired) electrons. The fourth-order valence-electron chi connectivity index (χ4n) is 3.23. The van der Waals surface area contributed by atoms with Crippen LogP contribution in [0.15, 0.2) is 24.3 Å². The number of carbonyl (C=O) groups is 1. The zero-order valence-electron chi connectivity index (χ0n) is 13.2. The maximum atomic E-state index is 12.6. The van der Waals surface area contributed by atoms with Crippen LogP contribution >= 0.6 is 11.6 Å². The lowest BCUT2D eigenvalue weighted by molar-refractivity contribution is -0.147. The third kappa shape index (κ3) is 3.86. The van der Waals surface area contributed by atoms with Crippen molar-refractivity contribution in [2.45, 2.75) is 6.42 Å². The SMILES string of the molecule is O=C(c1cccc(Cl)c1)N1CCCN(CC2(CO)COC2)CC1. The summed E-state index contributed by atoms with van der Waals surface area (Å²) in [7, 11) is 0. The Morgan fingerprint density at radius 3 is 2.74 bits per heavy atom. The summed E-state index contributed by atoms with van der Waals surface area (Å²) < 4.78 is 5.27. The summed E-state index contributed by atoms with van der Waals surface area (Å²) in [5.74, 6) is 0.0400. The summed E-state index contributed by atoms with van der Waals surface area (Å²) in [4.78, 5) is 16.8. The molecule has 0 aromatic heterocycles. The molecular weight excluding hydrogens is 316 g/mol. The van der Waals surface area contributed by atoms with Gasteiger partial charge in [-0.15, -0.1) is 0 Å². The van der Waals surface area contributed by atoms with Gasteiger partial charge in [-0.3, -0.25) is 4.79 Å². The lowest BCUT2D eigenvalue weighted by Gasteiger charge is -2.43. The van der Waals surface area contributed by atoms with Crippen LogP contribution in [0.3, 0.4) is 0 Å². The van der Waals surface area contributed by atoms with Crippen molar-refractivity contribution in [1.82, 2.24) is 9.80 Å². The Balaban J connectivity index is 1.59. The van der Waals surface area contributed by atoms with E-state index in [1.807, 2.05) is 11.0 Å². The minimum atomic E-state index is -0.105. The van der Waals surface area contributed by atoms with Gasteiger partial charge in [0, 0.05) is 36.8 Å². The fraction of sp³-hybridized carbons (Fsp3) is 0.588. The summed E-state index contributed by atoms with van der Waals surface area (Å²) in [6.45, 7) is 5.49. The van der Waals surface area contributed by atoms with Gasteiger partial charge in [0.05, 0.1) is 25.2 Å². The Morgan fingerprint density at radius 1 is 1.26 bits per heavy atom. The van der Waals surface area contributed by atoms with E-state index in [0.29, 0.717) is 30.3 Å². The molecule has 23 heavy (non-hydrogen) atoms. The average Bonchev–Trinajstić information content (AvgIpc) is 2.75. The highest BCUT2D eigenvalue weighted by molar-refractivity contribution is 6.30. The number of hydrogen-bond donors (Lipinski definition) is 1. The molecule has 5 nitrogen and oxygen atoms in total. The first-order valence-electron chi connectivity index (χ1n) is 8.08. The number of halogens is 1. The van der Waals surface area contributed by atoms with Crippen molar-refractivity contribution in [3.63, 3.8) is 0 Å². The van der Waals surface area contributed by atoms with Crippen LogP contribution in [-0.4, -0.2) is 73.4 Å². The second-order valence-corrected chi connectivity index (χ2v) is 7.02. The van der Waals surface area contributed by atoms with Gasteiger partial charge in [0.2, 0.25) is 0 Å².